The van der Waals surface area contributed by atoms with Crippen molar-refractivity contribution in [3.05, 3.63) is 47.0 Å². The summed E-state index contributed by atoms with van der Waals surface area (Å²) in [5, 5.41) is 52.6. The van der Waals surface area contributed by atoms with E-state index in [9.17, 15) is 9.59 Å². The molecular weight excluding hydrogens is 551 g/mol. The Bertz CT molecular complexity index is 884. The minimum absolute atomic E-state index is 0.584. The predicted octanol–water partition coefficient (Wildman–Crippen LogP) is -0.476. The van der Waals surface area contributed by atoms with Crippen LogP contribution in [0.1, 0.15) is 12.8 Å². The number of rotatable bonds is 13. The van der Waals surface area contributed by atoms with Crippen molar-refractivity contribution in [3.8, 4) is 11.5 Å². The molecule has 0 unspecified atom stereocenters. The van der Waals surface area contributed by atoms with E-state index in [0.29, 0.717) is 47.8 Å². The Balaban J connectivity index is 0.000000542. The second-order valence-corrected chi connectivity index (χ2v) is 8.08. The number of carbonyl (C=O) groups is 2. The fourth-order valence-electron chi connectivity index (χ4n) is 2.16. The van der Waals surface area contributed by atoms with E-state index < -0.39 is 36.4 Å². The summed E-state index contributed by atoms with van der Waals surface area (Å²) in [6.45, 7) is 2.49. The number of aliphatic hydroxyl groups excluding tert-OH is 4. The van der Waals surface area contributed by atoms with Crippen molar-refractivity contribution >= 4 is 35.1 Å². The number of aliphatic carboxylic acids is 2. The van der Waals surface area contributed by atoms with Crippen molar-refractivity contribution in [1.29, 1.82) is 0 Å². The van der Waals surface area contributed by atoms with Gasteiger partial charge in [0.25, 0.3) is 0 Å². The van der Waals surface area contributed by atoms with Crippen LogP contribution in [0.5, 0.6) is 11.5 Å². The average Bonchev–Trinajstić information content (AvgIpc) is 2.88. The van der Waals surface area contributed by atoms with E-state index in [-0.39, 0.29) is 0 Å². The molecule has 0 aliphatic rings. The van der Waals surface area contributed by atoms with Gasteiger partial charge in [0.15, 0.2) is 12.2 Å². The van der Waals surface area contributed by atoms with E-state index >= 15 is 0 Å². The molecule has 0 saturated heterocycles. The summed E-state index contributed by atoms with van der Waals surface area (Å²) >= 11 is 11.4. The molecule has 0 amide bonds. The van der Waals surface area contributed by atoms with Crippen LogP contribution in [0.25, 0.3) is 0 Å². The van der Waals surface area contributed by atoms with Crippen LogP contribution in [0, 0.1) is 0 Å². The lowest BCUT2D eigenvalue weighted by molar-refractivity contribution is -0.172. The number of carboxylic acid groups (broad SMARTS) is 2. The quantitative estimate of drug-likeness (QED) is 0.139. The minimum Gasteiger partial charge on any atom is -0.492 e. The van der Waals surface area contributed by atoms with Gasteiger partial charge in [-0.15, -0.1) is 0 Å². The second-order valence-electron chi connectivity index (χ2n) is 7.21. The topological polar surface area (TPSA) is 252 Å². The summed E-state index contributed by atoms with van der Waals surface area (Å²) in [5.74, 6) is -2.30. The fourth-order valence-corrected chi connectivity index (χ4v) is 2.48. The van der Waals surface area contributed by atoms with Crippen LogP contribution in [0.3, 0.4) is 0 Å². The van der Waals surface area contributed by atoms with Crippen molar-refractivity contribution in [1.82, 2.24) is 9.97 Å². The van der Waals surface area contributed by atoms with Crippen molar-refractivity contribution in [2.45, 2.75) is 37.3 Å². The Morgan fingerprint density at radius 2 is 1.08 bits per heavy atom. The first kappa shape index (κ1) is 35.2. The number of aromatic nitrogens is 2. The zero-order valence-electron chi connectivity index (χ0n) is 20.1. The summed E-state index contributed by atoms with van der Waals surface area (Å²) < 4.78 is 10.6. The van der Waals surface area contributed by atoms with E-state index in [2.05, 4.69) is 9.97 Å². The lowest BCUT2D eigenvalue weighted by Gasteiger charge is -2.21. The Labute approximate surface area is 228 Å². The average molecular weight is 583 g/mol. The highest BCUT2D eigenvalue weighted by Crippen LogP contribution is 2.15. The van der Waals surface area contributed by atoms with E-state index in [1.165, 1.54) is 0 Å². The van der Waals surface area contributed by atoms with Gasteiger partial charge in [0.2, 0.25) is 0 Å². The van der Waals surface area contributed by atoms with Crippen LogP contribution in [0.2, 0.25) is 10.0 Å². The Kier molecular flexibility index (Phi) is 18.7. The molecular formula is C22H32Cl2N4O10. The maximum atomic E-state index is 10.1. The van der Waals surface area contributed by atoms with Crippen molar-refractivity contribution in [2.24, 2.45) is 11.5 Å². The zero-order valence-corrected chi connectivity index (χ0v) is 21.6. The highest BCUT2D eigenvalue weighted by atomic mass is 35.5. The molecule has 0 aliphatic carbocycles. The van der Waals surface area contributed by atoms with Crippen LogP contribution >= 0.6 is 23.2 Å². The van der Waals surface area contributed by atoms with Crippen LogP contribution in [-0.4, -0.2) is 103 Å². The number of hydrogen-bond acceptors (Lipinski definition) is 12. The van der Waals surface area contributed by atoms with Gasteiger partial charge in [-0.3, -0.25) is 9.97 Å². The van der Waals surface area contributed by atoms with Gasteiger partial charge >= 0.3 is 11.9 Å². The second kappa shape index (κ2) is 20.2. The molecule has 0 aliphatic heterocycles. The van der Waals surface area contributed by atoms with Crippen LogP contribution in [0.4, 0.5) is 0 Å². The molecule has 0 saturated carbocycles. The smallest absolute Gasteiger partial charge is 0.335 e. The van der Waals surface area contributed by atoms with Gasteiger partial charge in [0.05, 0.1) is 35.7 Å². The standard InChI is InChI=1S/2C8H11ClN2O.C6H10O8/c2*9-7-4-8(6-11-5-7)12-3-1-2-10;7-1(3(9)5(11)12)2(8)4(10)6(13)14/h2*4-6H,1-3,10H2;1-4,7-10H,(H,11,12)(H,13,14)/t;;1-,2+,3+,4-. The van der Waals surface area contributed by atoms with E-state index in [0.717, 1.165) is 12.8 Å². The van der Waals surface area contributed by atoms with Gasteiger partial charge in [-0.25, -0.2) is 9.59 Å². The third-order valence-electron chi connectivity index (χ3n) is 4.10. The molecule has 4 atom stereocenters. The summed E-state index contributed by atoms with van der Waals surface area (Å²) in [6, 6.07) is 3.45. The molecule has 38 heavy (non-hydrogen) atoms. The number of hydrogen-bond donors (Lipinski definition) is 8. The Morgan fingerprint density at radius 1 is 0.737 bits per heavy atom. The molecule has 14 nitrogen and oxygen atoms in total. The lowest BCUT2D eigenvalue weighted by Crippen LogP contribution is -2.49. The number of nitrogens with zero attached hydrogens (tertiary/aromatic N) is 2. The number of carboxylic acids is 2. The number of halogens is 2. The lowest BCUT2D eigenvalue weighted by atomic mass is 10.0. The SMILES string of the molecule is NCCCOc1cncc(Cl)c1.NCCCOc1cncc(Cl)c1.O=C(O)[C@@H](O)[C@H](O)[C@H](O)[C@@H](O)C(=O)O. The molecule has 2 aromatic heterocycles. The monoisotopic (exact) mass is 582 g/mol. The summed E-state index contributed by atoms with van der Waals surface area (Å²) in [6.07, 6.45) is -1.21. The molecule has 10 N–H and O–H groups in total. The third-order valence-corrected chi connectivity index (χ3v) is 4.51. The first-order chi connectivity index (χ1) is 17.9. The third kappa shape index (κ3) is 15.4. The fraction of sp³-hybridized carbons (Fsp3) is 0.455. The first-order valence-corrected chi connectivity index (χ1v) is 11.7. The molecule has 2 aromatic rings. The van der Waals surface area contributed by atoms with Gasteiger partial charge in [0.1, 0.15) is 23.7 Å². The molecule has 0 aromatic carbocycles. The van der Waals surface area contributed by atoms with Gasteiger partial charge in [0, 0.05) is 24.5 Å². The van der Waals surface area contributed by atoms with Crippen LogP contribution in [-0.2, 0) is 9.59 Å². The number of nitrogens with two attached hydrogens (primary N) is 2. The van der Waals surface area contributed by atoms with E-state index in [1.807, 2.05) is 0 Å². The molecule has 2 heterocycles. The molecule has 0 spiro atoms. The molecule has 0 radical (unpaired) electrons. The van der Waals surface area contributed by atoms with Crippen molar-refractivity contribution < 1.29 is 49.7 Å². The van der Waals surface area contributed by atoms with Crippen LogP contribution < -0.4 is 20.9 Å². The highest BCUT2D eigenvalue weighted by molar-refractivity contribution is 6.30. The summed E-state index contributed by atoms with van der Waals surface area (Å²) in [7, 11) is 0. The maximum absolute atomic E-state index is 10.1. The number of ether oxygens (including phenoxy) is 2. The van der Waals surface area contributed by atoms with Gasteiger partial charge in [-0.1, -0.05) is 23.2 Å². The number of aliphatic hydroxyl groups is 4. The normalized spacial score (nSPS) is 13.4. The molecule has 16 heteroatoms. The summed E-state index contributed by atoms with van der Waals surface area (Å²) in [4.78, 5) is 27.9. The number of pyridine rings is 2. The largest absolute Gasteiger partial charge is 0.492 e. The van der Waals surface area contributed by atoms with Gasteiger partial charge in [-0.05, 0) is 25.9 Å². The van der Waals surface area contributed by atoms with Gasteiger partial charge < -0.3 is 51.6 Å². The predicted molar refractivity (Wildman–Crippen MR) is 136 cm³/mol. The molecule has 214 valence electrons. The minimum atomic E-state index is -2.36. The summed E-state index contributed by atoms with van der Waals surface area (Å²) in [5.41, 5.74) is 10.6. The molecule has 2 rings (SSSR count). The Morgan fingerprint density at radius 3 is 1.34 bits per heavy atom. The highest BCUT2D eigenvalue weighted by Gasteiger charge is 2.37. The molecule has 0 bridgehead atoms. The Hall–Kier alpha value is -2.82. The zero-order chi connectivity index (χ0) is 29.1. The van der Waals surface area contributed by atoms with E-state index in [4.69, 9.17) is 74.8 Å². The van der Waals surface area contributed by atoms with Crippen molar-refractivity contribution in [3.63, 3.8) is 0 Å². The first-order valence-electron chi connectivity index (χ1n) is 11.0. The van der Waals surface area contributed by atoms with Crippen LogP contribution in [0.15, 0.2) is 36.9 Å². The van der Waals surface area contributed by atoms with Gasteiger partial charge in [-0.2, -0.15) is 0 Å². The van der Waals surface area contributed by atoms with Crippen molar-refractivity contribution in [2.75, 3.05) is 26.3 Å². The maximum Gasteiger partial charge on any atom is 0.335 e. The van der Waals surface area contributed by atoms with E-state index in [1.54, 1.807) is 36.9 Å². The molecule has 0 fully saturated rings.